The summed E-state index contributed by atoms with van der Waals surface area (Å²) >= 11 is 0. The minimum Gasteiger partial charge on any atom is -0.466 e. The topological polar surface area (TPSA) is 52.3 Å². The number of hydrogen-bond donors (Lipinski definition) is 1. The summed E-state index contributed by atoms with van der Waals surface area (Å²) in [5, 5.41) is 0. The molecular weight excluding hydrogens is 178 g/mol. The second-order valence-corrected chi connectivity index (χ2v) is 3.17. The maximum Gasteiger partial charge on any atom is 0.313 e. The fraction of sp³-hybridized carbons (Fsp3) is 0.875. The molecule has 1 rings (SSSR count). The van der Waals surface area contributed by atoms with Crippen LogP contribution >= 0.6 is 12.4 Å². The highest BCUT2D eigenvalue weighted by Crippen LogP contribution is 2.48. The van der Waals surface area contributed by atoms with Crippen molar-refractivity contribution in [2.24, 2.45) is 11.1 Å². The smallest absolute Gasteiger partial charge is 0.313 e. The summed E-state index contributed by atoms with van der Waals surface area (Å²) in [6.07, 6.45) is 1.78. The lowest BCUT2D eigenvalue weighted by Crippen LogP contribution is -2.36. The SMILES string of the molecule is CCOC(=O)C1([C@@H](C)N)CC1.Cl. The van der Waals surface area contributed by atoms with Gasteiger partial charge in [0.05, 0.1) is 12.0 Å². The molecule has 1 aliphatic carbocycles. The molecule has 0 bridgehead atoms. The van der Waals surface area contributed by atoms with Crippen molar-refractivity contribution in [2.75, 3.05) is 6.61 Å². The van der Waals surface area contributed by atoms with Gasteiger partial charge in [0, 0.05) is 6.04 Å². The molecule has 0 amide bonds. The second-order valence-electron chi connectivity index (χ2n) is 3.17. The first-order valence-electron chi connectivity index (χ1n) is 4.06. The summed E-state index contributed by atoms with van der Waals surface area (Å²) < 4.78 is 4.91. The van der Waals surface area contributed by atoms with E-state index in [1.54, 1.807) is 0 Å². The summed E-state index contributed by atoms with van der Waals surface area (Å²) in [7, 11) is 0. The highest BCUT2D eigenvalue weighted by atomic mass is 35.5. The van der Waals surface area contributed by atoms with Crippen molar-refractivity contribution in [3.8, 4) is 0 Å². The van der Waals surface area contributed by atoms with Crippen molar-refractivity contribution < 1.29 is 9.53 Å². The number of halogens is 1. The third-order valence-corrected chi connectivity index (χ3v) is 2.34. The summed E-state index contributed by atoms with van der Waals surface area (Å²) in [6.45, 7) is 4.13. The Kier molecular flexibility index (Phi) is 4.00. The Morgan fingerprint density at radius 3 is 2.42 bits per heavy atom. The zero-order valence-electron chi connectivity index (χ0n) is 7.50. The molecule has 1 saturated carbocycles. The van der Waals surface area contributed by atoms with Crippen LogP contribution in [0.15, 0.2) is 0 Å². The van der Waals surface area contributed by atoms with Crippen molar-refractivity contribution in [3.05, 3.63) is 0 Å². The van der Waals surface area contributed by atoms with Crippen LogP contribution in [0.4, 0.5) is 0 Å². The van der Waals surface area contributed by atoms with Crippen LogP contribution in [0.2, 0.25) is 0 Å². The van der Waals surface area contributed by atoms with Crippen molar-refractivity contribution in [1.82, 2.24) is 0 Å². The zero-order valence-corrected chi connectivity index (χ0v) is 8.32. The number of ether oxygens (including phenoxy) is 1. The Morgan fingerprint density at radius 1 is 1.67 bits per heavy atom. The van der Waals surface area contributed by atoms with E-state index in [1.807, 2.05) is 13.8 Å². The molecule has 12 heavy (non-hydrogen) atoms. The molecule has 1 fully saturated rings. The average Bonchev–Trinajstić information content (AvgIpc) is 2.66. The molecule has 2 N–H and O–H groups in total. The van der Waals surface area contributed by atoms with Crippen LogP contribution in [0.3, 0.4) is 0 Å². The number of carbonyl (C=O) groups excluding carboxylic acids is 1. The molecule has 0 aromatic heterocycles. The van der Waals surface area contributed by atoms with Crippen LogP contribution in [0.5, 0.6) is 0 Å². The van der Waals surface area contributed by atoms with Crippen LogP contribution in [-0.2, 0) is 9.53 Å². The Bertz CT molecular complexity index is 166. The number of carbonyl (C=O) groups is 1. The minimum absolute atomic E-state index is 0. The van der Waals surface area contributed by atoms with Gasteiger partial charge in [-0.2, -0.15) is 0 Å². The summed E-state index contributed by atoms with van der Waals surface area (Å²) in [4.78, 5) is 11.3. The predicted octanol–water partition coefficient (Wildman–Crippen LogP) is 1.10. The molecule has 3 nitrogen and oxygen atoms in total. The first kappa shape index (κ1) is 11.7. The average molecular weight is 194 g/mol. The zero-order chi connectivity index (χ0) is 8.48. The molecular formula is C8H16ClNO2. The summed E-state index contributed by atoms with van der Waals surface area (Å²) in [5.74, 6) is -0.116. The van der Waals surface area contributed by atoms with Gasteiger partial charge in [-0.25, -0.2) is 0 Å². The van der Waals surface area contributed by atoms with E-state index in [0.29, 0.717) is 6.61 Å². The van der Waals surface area contributed by atoms with E-state index in [9.17, 15) is 4.79 Å². The predicted molar refractivity (Wildman–Crippen MR) is 49.2 cm³/mol. The van der Waals surface area contributed by atoms with Gasteiger partial charge < -0.3 is 10.5 Å². The van der Waals surface area contributed by atoms with Crippen LogP contribution in [0.1, 0.15) is 26.7 Å². The van der Waals surface area contributed by atoms with Crippen LogP contribution in [-0.4, -0.2) is 18.6 Å². The quantitative estimate of drug-likeness (QED) is 0.683. The Labute approximate surface area is 79.1 Å². The van der Waals surface area contributed by atoms with Gasteiger partial charge in [0.2, 0.25) is 0 Å². The van der Waals surface area contributed by atoms with Gasteiger partial charge in [0.1, 0.15) is 0 Å². The van der Waals surface area contributed by atoms with Crippen molar-refractivity contribution in [2.45, 2.75) is 32.7 Å². The third-order valence-electron chi connectivity index (χ3n) is 2.34. The van der Waals surface area contributed by atoms with E-state index in [-0.39, 0.29) is 29.8 Å². The van der Waals surface area contributed by atoms with Gasteiger partial charge in [0.25, 0.3) is 0 Å². The van der Waals surface area contributed by atoms with E-state index in [2.05, 4.69) is 0 Å². The fourth-order valence-corrected chi connectivity index (χ4v) is 1.25. The van der Waals surface area contributed by atoms with Gasteiger partial charge >= 0.3 is 5.97 Å². The number of nitrogens with two attached hydrogens (primary N) is 1. The molecule has 0 spiro atoms. The first-order chi connectivity index (χ1) is 5.13. The molecule has 0 aliphatic heterocycles. The maximum absolute atomic E-state index is 11.3. The summed E-state index contributed by atoms with van der Waals surface area (Å²) in [6, 6.07) is -0.0680. The lowest BCUT2D eigenvalue weighted by atomic mass is 9.99. The minimum atomic E-state index is -0.323. The largest absolute Gasteiger partial charge is 0.466 e. The van der Waals surface area contributed by atoms with E-state index >= 15 is 0 Å². The van der Waals surface area contributed by atoms with Crippen molar-refractivity contribution in [1.29, 1.82) is 0 Å². The molecule has 0 heterocycles. The van der Waals surface area contributed by atoms with E-state index in [4.69, 9.17) is 10.5 Å². The van der Waals surface area contributed by atoms with E-state index in [1.165, 1.54) is 0 Å². The molecule has 0 aromatic carbocycles. The lowest BCUT2D eigenvalue weighted by Gasteiger charge is -2.16. The molecule has 4 heteroatoms. The molecule has 0 saturated heterocycles. The molecule has 0 aromatic rings. The van der Waals surface area contributed by atoms with Crippen LogP contribution < -0.4 is 5.73 Å². The Balaban J connectivity index is 0.00000121. The summed E-state index contributed by atoms with van der Waals surface area (Å²) in [5.41, 5.74) is 5.34. The number of rotatable bonds is 3. The Morgan fingerprint density at radius 2 is 2.17 bits per heavy atom. The van der Waals surface area contributed by atoms with E-state index in [0.717, 1.165) is 12.8 Å². The molecule has 0 radical (unpaired) electrons. The van der Waals surface area contributed by atoms with Crippen molar-refractivity contribution in [3.63, 3.8) is 0 Å². The number of hydrogen-bond acceptors (Lipinski definition) is 3. The molecule has 1 aliphatic rings. The normalized spacial score (nSPS) is 20.6. The monoisotopic (exact) mass is 193 g/mol. The second kappa shape index (κ2) is 4.10. The lowest BCUT2D eigenvalue weighted by molar-refractivity contribution is -0.150. The Hall–Kier alpha value is -0.280. The highest BCUT2D eigenvalue weighted by molar-refractivity contribution is 5.85. The van der Waals surface area contributed by atoms with Gasteiger partial charge in [-0.05, 0) is 26.7 Å². The van der Waals surface area contributed by atoms with Crippen LogP contribution in [0.25, 0.3) is 0 Å². The van der Waals surface area contributed by atoms with Crippen molar-refractivity contribution >= 4 is 18.4 Å². The molecule has 1 atom stereocenters. The fourth-order valence-electron chi connectivity index (χ4n) is 1.25. The number of esters is 1. The molecule has 72 valence electrons. The van der Waals surface area contributed by atoms with Gasteiger partial charge in [-0.15, -0.1) is 12.4 Å². The van der Waals surface area contributed by atoms with Gasteiger partial charge in [-0.1, -0.05) is 0 Å². The van der Waals surface area contributed by atoms with Gasteiger partial charge in [-0.3, -0.25) is 4.79 Å². The van der Waals surface area contributed by atoms with E-state index < -0.39 is 0 Å². The first-order valence-corrected chi connectivity index (χ1v) is 4.06. The standard InChI is InChI=1S/C8H15NO2.ClH/c1-3-11-7(10)8(4-5-8)6(2)9;/h6H,3-5,9H2,1-2H3;1H/t6-;/m1./s1. The molecule has 0 unspecified atom stereocenters. The van der Waals surface area contributed by atoms with Crippen LogP contribution in [0, 0.1) is 5.41 Å². The third kappa shape index (κ3) is 1.90. The van der Waals surface area contributed by atoms with Gasteiger partial charge in [0.15, 0.2) is 0 Å². The highest BCUT2D eigenvalue weighted by Gasteiger charge is 2.54. The maximum atomic E-state index is 11.3.